The third kappa shape index (κ3) is 3.81. The first kappa shape index (κ1) is 9.12. The molecule has 0 saturated heterocycles. The highest BCUT2D eigenvalue weighted by molar-refractivity contribution is 6.17. The lowest BCUT2D eigenvalue weighted by Crippen LogP contribution is -2.00. The summed E-state index contributed by atoms with van der Waals surface area (Å²) in [6, 6.07) is 0. The zero-order valence-corrected chi connectivity index (χ0v) is 7.82. The Morgan fingerprint density at radius 2 is 2.27 bits per heavy atom. The second-order valence-electron chi connectivity index (χ2n) is 3.30. The van der Waals surface area contributed by atoms with E-state index in [1.807, 2.05) is 0 Å². The molecule has 1 aliphatic carbocycles. The van der Waals surface area contributed by atoms with Crippen molar-refractivity contribution in [3.8, 4) is 0 Å². The molecule has 0 aliphatic heterocycles. The van der Waals surface area contributed by atoms with Crippen LogP contribution in [-0.2, 0) is 0 Å². The van der Waals surface area contributed by atoms with E-state index in [9.17, 15) is 0 Å². The maximum absolute atomic E-state index is 5.60. The standard InChI is InChI=1S/C10H17Cl/c11-9-5-4-8-10-6-2-1-3-7-10/h2,6,10H,1,3-5,7-9H2. The molecule has 0 nitrogen and oxygen atoms in total. The van der Waals surface area contributed by atoms with Gasteiger partial charge in [0.15, 0.2) is 0 Å². The van der Waals surface area contributed by atoms with Gasteiger partial charge in [-0.15, -0.1) is 11.6 Å². The van der Waals surface area contributed by atoms with Crippen molar-refractivity contribution in [2.75, 3.05) is 5.88 Å². The van der Waals surface area contributed by atoms with E-state index in [0.29, 0.717) is 0 Å². The number of hydrogen-bond donors (Lipinski definition) is 0. The predicted octanol–water partition coefficient (Wildman–Crippen LogP) is 3.75. The quantitative estimate of drug-likeness (QED) is 0.344. The number of hydrogen-bond acceptors (Lipinski definition) is 0. The zero-order chi connectivity index (χ0) is 7.94. The summed E-state index contributed by atoms with van der Waals surface area (Å²) in [4.78, 5) is 0. The SMILES string of the molecule is ClCCCCC1C=CCCC1. The van der Waals surface area contributed by atoms with Crippen LogP contribution in [0.1, 0.15) is 38.5 Å². The maximum Gasteiger partial charge on any atom is 0.0223 e. The lowest BCUT2D eigenvalue weighted by atomic mass is 9.91. The number of alkyl halides is 1. The first-order valence-electron chi connectivity index (χ1n) is 4.66. The molecule has 1 unspecified atom stereocenters. The van der Waals surface area contributed by atoms with Crippen LogP contribution in [0.5, 0.6) is 0 Å². The second kappa shape index (κ2) is 5.65. The van der Waals surface area contributed by atoms with Gasteiger partial charge in [-0.2, -0.15) is 0 Å². The van der Waals surface area contributed by atoms with Crippen LogP contribution in [-0.4, -0.2) is 5.88 Å². The van der Waals surface area contributed by atoms with Crippen LogP contribution in [0.25, 0.3) is 0 Å². The van der Waals surface area contributed by atoms with Crippen LogP contribution < -0.4 is 0 Å². The maximum atomic E-state index is 5.60. The summed E-state index contributed by atoms with van der Waals surface area (Å²) in [6.07, 6.45) is 12.6. The summed E-state index contributed by atoms with van der Waals surface area (Å²) in [7, 11) is 0. The van der Waals surface area contributed by atoms with Crippen LogP contribution >= 0.6 is 11.6 Å². The molecular formula is C10H17Cl. The fourth-order valence-corrected chi connectivity index (χ4v) is 1.81. The van der Waals surface area contributed by atoms with Crippen LogP contribution in [0, 0.1) is 5.92 Å². The molecule has 0 heterocycles. The summed E-state index contributed by atoms with van der Waals surface area (Å²) in [5, 5.41) is 0. The Morgan fingerprint density at radius 3 is 2.91 bits per heavy atom. The summed E-state index contributed by atoms with van der Waals surface area (Å²) in [6.45, 7) is 0. The topological polar surface area (TPSA) is 0 Å². The van der Waals surface area contributed by atoms with Gasteiger partial charge in [-0.05, 0) is 38.0 Å². The molecule has 0 radical (unpaired) electrons. The van der Waals surface area contributed by atoms with Crippen molar-refractivity contribution in [1.82, 2.24) is 0 Å². The first-order chi connectivity index (χ1) is 5.43. The van der Waals surface area contributed by atoms with Gasteiger partial charge in [0.2, 0.25) is 0 Å². The van der Waals surface area contributed by atoms with Gasteiger partial charge in [0.25, 0.3) is 0 Å². The molecule has 0 saturated carbocycles. The molecule has 0 aromatic carbocycles. The largest absolute Gasteiger partial charge is 0.127 e. The molecule has 1 heteroatoms. The van der Waals surface area contributed by atoms with E-state index in [1.165, 1.54) is 38.5 Å². The fraction of sp³-hybridized carbons (Fsp3) is 0.800. The normalized spacial score (nSPS) is 23.9. The van der Waals surface area contributed by atoms with Crippen molar-refractivity contribution in [2.24, 2.45) is 5.92 Å². The van der Waals surface area contributed by atoms with Gasteiger partial charge in [-0.25, -0.2) is 0 Å². The van der Waals surface area contributed by atoms with Gasteiger partial charge < -0.3 is 0 Å². The summed E-state index contributed by atoms with van der Waals surface area (Å²) in [5.74, 6) is 1.70. The predicted molar refractivity (Wildman–Crippen MR) is 51.1 cm³/mol. The summed E-state index contributed by atoms with van der Waals surface area (Å²) in [5.41, 5.74) is 0. The van der Waals surface area contributed by atoms with Crippen molar-refractivity contribution < 1.29 is 0 Å². The van der Waals surface area contributed by atoms with E-state index >= 15 is 0 Å². The van der Waals surface area contributed by atoms with Crippen molar-refractivity contribution in [2.45, 2.75) is 38.5 Å². The fourth-order valence-electron chi connectivity index (χ4n) is 1.62. The second-order valence-corrected chi connectivity index (χ2v) is 3.68. The van der Waals surface area contributed by atoms with Crippen molar-refractivity contribution in [3.05, 3.63) is 12.2 Å². The average molecular weight is 173 g/mol. The molecule has 11 heavy (non-hydrogen) atoms. The summed E-state index contributed by atoms with van der Waals surface area (Å²) >= 11 is 5.60. The third-order valence-electron chi connectivity index (χ3n) is 2.31. The van der Waals surface area contributed by atoms with Crippen molar-refractivity contribution in [1.29, 1.82) is 0 Å². The van der Waals surface area contributed by atoms with Crippen LogP contribution in [0.15, 0.2) is 12.2 Å². The monoisotopic (exact) mass is 172 g/mol. The molecule has 0 bridgehead atoms. The van der Waals surface area contributed by atoms with Gasteiger partial charge in [-0.3, -0.25) is 0 Å². The van der Waals surface area contributed by atoms with Crippen LogP contribution in [0.3, 0.4) is 0 Å². The van der Waals surface area contributed by atoms with Gasteiger partial charge >= 0.3 is 0 Å². The lowest BCUT2D eigenvalue weighted by Gasteiger charge is -2.15. The zero-order valence-electron chi connectivity index (χ0n) is 7.06. The minimum Gasteiger partial charge on any atom is -0.127 e. The Bertz CT molecular complexity index is 118. The Labute approximate surface area is 74.6 Å². The third-order valence-corrected chi connectivity index (χ3v) is 2.58. The average Bonchev–Trinajstić information content (AvgIpc) is 2.07. The van der Waals surface area contributed by atoms with Gasteiger partial charge in [0.05, 0.1) is 0 Å². The van der Waals surface area contributed by atoms with Gasteiger partial charge in [0, 0.05) is 5.88 Å². The molecule has 64 valence electrons. The molecule has 0 spiro atoms. The minimum absolute atomic E-state index is 0.830. The van der Waals surface area contributed by atoms with E-state index in [-0.39, 0.29) is 0 Å². The highest BCUT2D eigenvalue weighted by atomic mass is 35.5. The number of allylic oxidation sites excluding steroid dienone is 2. The lowest BCUT2D eigenvalue weighted by molar-refractivity contribution is 0.486. The Morgan fingerprint density at radius 1 is 1.36 bits per heavy atom. The number of unbranched alkanes of at least 4 members (excludes halogenated alkanes) is 1. The van der Waals surface area contributed by atoms with Crippen LogP contribution in [0.4, 0.5) is 0 Å². The molecule has 0 amide bonds. The van der Waals surface area contributed by atoms with Crippen molar-refractivity contribution >= 4 is 11.6 Å². The molecule has 0 aromatic rings. The first-order valence-corrected chi connectivity index (χ1v) is 5.19. The Hall–Kier alpha value is 0.0300. The molecule has 0 N–H and O–H groups in total. The Balaban J connectivity index is 2.05. The van der Waals surface area contributed by atoms with E-state index < -0.39 is 0 Å². The number of halogens is 1. The van der Waals surface area contributed by atoms with E-state index in [0.717, 1.165) is 11.8 Å². The smallest absolute Gasteiger partial charge is 0.0223 e. The Kier molecular flexibility index (Phi) is 4.69. The molecular weight excluding hydrogens is 156 g/mol. The van der Waals surface area contributed by atoms with E-state index in [4.69, 9.17) is 11.6 Å². The molecule has 1 aliphatic rings. The van der Waals surface area contributed by atoms with Gasteiger partial charge in [-0.1, -0.05) is 18.6 Å². The molecule has 1 rings (SSSR count). The minimum atomic E-state index is 0.830. The van der Waals surface area contributed by atoms with E-state index in [2.05, 4.69) is 12.2 Å². The van der Waals surface area contributed by atoms with E-state index in [1.54, 1.807) is 0 Å². The summed E-state index contributed by atoms with van der Waals surface area (Å²) < 4.78 is 0. The van der Waals surface area contributed by atoms with Crippen molar-refractivity contribution in [3.63, 3.8) is 0 Å². The molecule has 0 aromatic heterocycles. The highest BCUT2D eigenvalue weighted by Crippen LogP contribution is 2.21. The van der Waals surface area contributed by atoms with Crippen LogP contribution in [0.2, 0.25) is 0 Å². The number of rotatable bonds is 4. The highest BCUT2D eigenvalue weighted by Gasteiger charge is 2.06. The molecule has 0 fully saturated rings. The molecule has 1 atom stereocenters. The van der Waals surface area contributed by atoms with Gasteiger partial charge in [0.1, 0.15) is 0 Å².